The first kappa shape index (κ1) is 11.9. The Labute approximate surface area is 98.2 Å². The van der Waals surface area contributed by atoms with E-state index in [9.17, 15) is 0 Å². The molecule has 1 fully saturated rings. The number of allylic oxidation sites excluding steroid dienone is 1. The van der Waals surface area contributed by atoms with E-state index in [1.807, 2.05) is 7.05 Å². The molecule has 1 saturated heterocycles. The fourth-order valence-corrected chi connectivity index (χ4v) is 2.71. The molecule has 0 bridgehead atoms. The van der Waals surface area contributed by atoms with E-state index >= 15 is 0 Å². The molecule has 0 aliphatic carbocycles. The molecule has 0 aromatic heterocycles. The summed E-state index contributed by atoms with van der Waals surface area (Å²) in [5.41, 5.74) is -0.101. The van der Waals surface area contributed by atoms with E-state index in [0.717, 1.165) is 38.2 Å². The minimum Gasteiger partial charge on any atom is -0.496 e. The first-order chi connectivity index (χ1) is 7.76. The Morgan fingerprint density at radius 3 is 2.75 bits per heavy atom. The molecule has 2 heterocycles. The normalized spacial score (nSPS) is 32.8. The third-order valence-electron chi connectivity index (χ3n) is 3.65. The molecule has 1 N–H and O–H groups in total. The van der Waals surface area contributed by atoms with Gasteiger partial charge in [-0.05, 0) is 52.2 Å². The highest BCUT2D eigenvalue weighted by atomic mass is 16.5. The van der Waals surface area contributed by atoms with Crippen LogP contribution in [0, 0.1) is 0 Å². The third kappa shape index (κ3) is 2.41. The second-order valence-corrected chi connectivity index (χ2v) is 4.94. The lowest BCUT2D eigenvalue weighted by Crippen LogP contribution is -2.52. The van der Waals surface area contributed by atoms with Crippen LogP contribution in [0.4, 0.5) is 0 Å². The zero-order chi connectivity index (χ0) is 11.4. The summed E-state index contributed by atoms with van der Waals surface area (Å²) in [6, 6.07) is 0.202. The van der Waals surface area contributed by atoms with Crippen molar-refractivity contribution in [3.63, 3.8) is 0 Å². The van der Waals surface area contributed by atoms with Gasteiger partial charge in [-0.2, -0.15) is 0 Å². The van der Waals surface area contributed by atoms with Crippen LogP contribution in [0.2, 0.25) is 0 Å². The van der Waals surface area contributed by atoms with Gasteiger partial charge >= 0.3 is 0 Å². The Morgan fingerprint density at radius 1 is 1.31 bits per heavy atom. The minimum absolute atomic E-state index is 0.101. The second kappa shape index (κ2) is 5.19. The second-order valence-electron chi connectivity index (χ2n) is 4.94. The molecule has 3 heteroatoms. The summed E-state index contributed by atoms with van der Waals surface area (Å²) >= 11 is 0. The van der Waals surface area contributed by atoms with Crippen molar-refractivity contribution in [3.8, 4) is 0 Å². The molecule has 0 aromatic rings. The first-order valence-electron chi connectivity index (χ1n) is 6.40. The van der Waals surface area contributed by atoms with Crippen molar-refractivity contribution in [2.75, 3.05) is 20.3 Å². The molecule has 0 amide bonds. The number of rotatable bonds is 3. The molecule has 0 radical (unpaired) electrons. The standard InChI is InChI=1S/C13H23NO2/c1-13(8-4-6-10-16-13)12(14-2)11-7-3-5-9-15-11/h7,12,14H,3-6,8-10H2,1-2H3. The van der Waals surface area contributed by atoms with Crippen LogP contribution in [0.15, 0.2) is 11.8 Å². The van der Waals surface area contributed by atoms with E-state index in [1.54, 1.807) is 0 Å². The molecule has 3 nitrogen and oxygen atoms in total. The Balaban J connectivity index is 2.10. The summed E-state index contributed by atoms with van der Waals surface area (Å²) in [6.45, 7) is 3.92. The smallest absolute Gasteiger partial charge is 0.112 e. The highest BCUT2D eigenvalue weighted by molar-refractivity contribution is 5.13. The van der Waals surface area contributed by atoms with Crippen molar-refractivity contribution in [2.24, 2.45) is 0 Å². The zero-order valence-electron chi connectivity index (χ0n) is 10.4. The van der Waals surface area contributed by atoms with Gasteiger partial charge in [0.2, 0.25) is 0 Å². The van der Waals surface area contributed by atoms with Crippen LogP contribution in [0.25, 0.3) is 0 Å². The maximum absolute atomic E-state index is 5.99. The molecule has 0 spiro atoms. The molecule has 16 heavy (non-hydrogen) atoms. The van der Waals surface area contributed by atoms with Gasteiger partial charge in [0.1, 0.15) is 5.76 Å². The molecule has 0 saturated carbocycles. The predicted molar refractivity (Wildman–Crippen MR) is 64.3 cm³/mol. The van der Waals surface area contributed by atoms with Crippen molar-refractivity contribution in [1.82, 2.24) is 5.32 Å². The molecule has 2 unspecified atom stereocenters. The van der Waals surface area contributed by atoms with Crippen molar-refractivity contribution >= 4 is 0 Å². The van der Waals surface area contributed by atoms with Crippen LogP contribution in [0.3, 0.4) is 0 Å². The summed E-state index contributed by atoms with van der Waals surface area (Å²) in [5, 5.41) is 3.36. The highest BCUT2D eigenvalue weighted by Crippen LogP contribution is 2.32. The lowest BCUT2D eigenvalue weighted by Gasteiger charge is -2.41. The average molecular weight is 225 g/mol. The third-order valence-corrected chi connectivity index (χ3v) is 3.65. The van der Waals surface area contributed by atoms with Crippen LogP contribution in [0.5, 0.6) is 0 Å². The van der Waals surface area contributed by atoms with Crippen molar-refractivity contribution < 1.29 is 9.47 Å². The van der Waals surface area contributed by atoms with E-state index in [4.69, 9.17) is 9.47 Å². The Kier molecular flexibility index (Phi) is 3.87. The number of ether oxygens (including phenoxy) is 2. The summed E-state index contributed by atoms with van der Waals surface area (Å²) in [6.07, 6.45) is 8.03. The monoisotopic (exact) mass is 225 g/mol. The topological polar surface area (TPSA) is 30.5 Å². The van der Waals surface area contributed by atoms with Gasteiger partial charge in [-0.25, -0.2) is 0 Å². The van der Waals surface area contributed by atoms with E-state index in [-0.39, 0.29) is 11.6 Å². The van der Waals surface area contributed by atoms with E-state index in [0.29, 0.717) is 0 Å². The van der Waals surface area contributed by atoms with Gasteiger partial charge in [0.15, 0.2) is 0 Å². The maximum Gasteiger partial charge on any atom is 0.112 e. The first-order valence-corrected chi connectivity index (χ1v) is 6.40. The summed E-state index contributed by atoms with van der Waals surface area (Å²) in [5.74, 6) is 1.08. The number of hydrogen-bond acceptors (Lipinski definition) is 3. The maximum atomic E-state index is 5.99. The SMILES string of the molecule is CNC(C1=CCCCO1)C1(C)CCCCO1. The van der Waals surface area contributed by atoms with E-state index < -0.39 is 0 Å². The van der Waals surface area contributed by atoms with Gasteiger partial charge in [-0.15, -0.1) is 0 Å². The number of hydrogen-bond donors (Lipinski definition) is 1. The van der Waals surface area contributed by atoms with Gasteiger partial charge in [-0.1, -0.05) is 0 Å². The average Bonchev–Trinajstić information content (AvgIpc) is 2.32. The molecule has 2 aliphatic rings. The van der Waals surface area contributed by atoms with Gasteiger partial charge < -0.3 is 14.8 Å². The van der Waals surface area contributed by atoms with Crippen LogP contribution in [-0.4, -0.2) is 31.9 Å². The fourth-order valence-electron chi connectivity index (χ4n) is 2.71. The Bertz CT molecular complexity index is 257. The summed E-state index contributed by atoms with van der Waals surface area (Å²) < 4.78 is 11.8. The molecular formula is C13H23NO2. The van der Waals surface area contributed by atoms with Gasteiger partial charge in [0.05, 0.1) is 18.2 Å². The van der Waals surface area contributed by atoms with Crippen LogP contribution < -0.4 is 5.32 Å². The van der Waals surface area contributed by atoms with Crippen molar-refractivity contribution in [2.45, 2.75) is 50.7 Å². The number of nitrogens with one attached hydrogen (secondary N) is 1. The van der Waals surface area contributed by atoms with Crippen molar-refractivity contribution in [3.05, 3.63) is 11.8 Å². The fraction of sp³-hybridized carbons (Fsp3) is 0.846. The zero-order valence-corrected chi connectivity index (χ0v) is 10.4. The molecule has 2 atom stereocenters. The van der Waals surface area contributed by atoms with E-state index in [1.165, 1.54) is 12.8 Å². The lowest BCUT2D eigenvalue weighted by atomic mass is 9.86. The van der Waals surface area contributed by atoms with Gasteiger partial charge in [0.25, 0.3) is 0 Å². The predicted octanol–water partition coefficient (Wildman–Crippen LogP) is 2.23. The number of likely N-dealkylation sites (N-methyl/N-ethyl adjacent to an activating group) is 1. The van der Waals surface area contributed by atoms with Crippen molar-refractivity contribution in [1.29, 1.82) is 0 Å². The van der Waals surface area contributed by atoms with Crippen LogP contribution in [-0.2, 0) is 9.47 Å². The van der Waals surface area contributed by atoms with E-state index in [2.05, 4.69) is 18.3 Å². The highest BCUT2D eigenvalue weighted by Gasteiger charge is 2.39. The van der Waals surface area contributed by atoms with Gasteiger partial charge in [0, 0.05) is 6.61 Å². The molecule has 2 rings (SSSR count). The van der Waals surface area contributed by atoms with Crippen LogP contribution >= 0.6 is 0 Å². The molecule has 0 aromatic carbocycles. The molecule has 2 aliphatic heterocycles. The summed E-state index contributed by atoms with van der Waals surface area (Å²) in [7, 11) is 1.99. The minimum atomic E-state index is -0.101. The van der Waals surface area contributed by atoms with Crippen LogP contribution in [0.1, 0.15) is 39.0 Å². The largest absolute Gasteiger partial charge is 0.496 e. The Hall–Kier alpha value is -0.540. The quantitative estimate of drug-likeness (QED) is 0.799. The molecular weight excluding hydrogens is 202 g/mol. The molecule has 92 valence electrons. The lowest BCUT2D eigenvalue weighted by molar-refractivity contribution is -0.0896. The summed E-state index contributed by atoms with van der Waals surface area (Å²) in [4.78, 5) is 0. The Morgan fingerprint density at radius 2 is 2.19 bits per heavy atom. The van der Waals surface area contributed by atoms with Gasteiger partial charge in [-0.3, -0.25) is 0 Å².